The standard InChI is InChI=1S/C22H28N2O2/c1-3-5-6-7-9-22(25)26-21-16-14-20(15-17-21)24-23-19-12-10-18(8-4-2)11-13-19/h10-17H,3-9H2,1-2H3. The first-order valence-corrected chi connectivity index (χ1v) is 9.52. The first-order chi connectivity index (χ1) is 12.7. The Hall–Kier alpha value is -2.49. The molecule has 4 nitrogen and oxygen atoms in total. The number of azo groups is 1. The van der Waals surface area contributed by atoms with E-state index in [1.807, 2.05) is 12.1 Å². The van der Waals surface area contributed by atoms with Crippen LogP contribution >= 0.6 is 0 Å². The molecule has 0 unspecified atom stereocenters. The highest BCUT2D eigenvalue weighted by molar-refractivity contribution is 5.72. The number of benzene rings is 2. The number of esters is 1. The van der Waals surface area contributed by atoms with E-state index in [0.29, 0.717) is 12.2 Å². The molecule has 0 N–H and O–H groups in total. The Morgan fingerprint density at radius 1 is 0.808 bits per heavy atom. The van der Waals surface area contributed by atoms with Gasteiger partial charge in [-0.15, -0.1) is 0 Å². The van der Waals surface area contributed by atoms with Gasteiger partial charge in [0.1, 0.15) is 5.75 Å². The minimum absolute atomic E-state index is 0.178. The molecule has 2 aromatic rings. The van der Waals surface area contributed by atoms with Crippen molar-refractivity contribution < 1.29 is 9.53 Å². The summed E-state index contributed by atoms with van der Waals surface area (Å²) in [5.41, 5.74) is 2.87. The summed E-state index contributed by atoms with van der Waals surface area (Å²) in [5, 5.41) is 8.47. The van der Waals surface area contributed by atoms with Crippen molar-refractivity contribution in [2.24, 2.45) is 10.2 Å². The van der Waals surface area contributed by atoms with Gasteiger partial charge >= 0.3 is 5.97 Å². The third kappa shape index (κ3) is 7.18. The molecule has 138 valence electrons. The van der Waals surface area contributed by atoms with Crippen LogP contribution in [0, 0.1) is 0 Å². The summed E-state index contributed by atoms with van der Waals surface area (Å²) in [5.74, 6) is 0.371. The lowest BCUT2D eigenvalue weighted by atomic mass is 10.1. The van der Waals surface area contributed by atoms with Crippen molar-refractivity contribution in [2.75, 3.05) is 0 Å². The molecule has 0 aliphatic rings. The molecule has 4 heteroatoms. The molecule has 0 bridgehead atoms. The maximum Gasteiger partial charge on any atom is 0.311 e. The van der Waals surface area contributed by atoms with Gasteiger partial charge in [0.15, 0.2) is 0 Å². The van der Waals surface area contributed by atoms with Crippen molar-refractivity contribution in [3.05, 3.63) is 54.1 Å². The number of rotatable bonds is 10. The molecule has 2 aromatic carbocycles. The molecule has 26 heavy (non-hydrogen) atoms. The van der Waals surface area contributed by atoms with Gasteiger partial charge in [-0.2, -0.15) is 10.2 Å². The highest BCUT2D eigenvalue weighted by Gasteiger charge is 2.04. The summed E-state index contributed by atoms with van der Waals surface area (Å²) in [7, 11) is 0. The Bertz CT molecular complexity index is 691. The van der Waals surface area contributed by atoms with E-state index < -0.39 is 0 Å². The minimum Gasteiger partial charge on any atom is -0.427 e. The second-order valence-electron chi connectivity index (χ2n) is 6.40. The lowest BCUT2D eigenvalue weighted by Gasteiger charge is -2.04. The van der Waals surface area contributed by atoms with E-state index in [1.54, 1.807) is 24.3 Å². The van der Waals surface area contributed by atoms with Crippen molar-refractivity contribution in [3.63, 3.8) is 0 Å². The van der Waals surface area contributed by atoms with Crippen LogP contribution in [-0.2, 0) is 11.2 Å². The van der Waals surface area contributed by atoms with Gasteiger partial charge in [-0.1, -0.05) is 51.7 Å². The van der Waals surface area contributed by atoms with Gasteiger partial charge in [-0.3, -0.25) is 4.79 Å². The van der Waals surface area contributed by atoms with Crippen LogP contribution in [0.1, 0.15) is 57.9 Å². The molecule has 0 atom stereocenters. The van der Waals surface area contributed by atoms with Gasteiger partial charge in [-0.25, -0.2) is 0 Å². The lowest BCUT2D eigenvalue weighted by molar-refractivity contribution is -0.134. The molecule has 0 heterocycles. The van der Waals surface area contributed by atoms with Crippen LogP contribution in [0.15, 0.2) is 58.8 Å². The maximum absolute atomic E-state index is 11.8. The van der Waals surface area contributed by atoms with Crippen LogP contribution in [0.2, 0.25) is 0 Å². The van der Waals surface area contributed by atoms with E-state index in [1.165, 1.54) is 5.56 Å². The molecular formula is C22H28N2O2. The molecule has 2 rings (SSSR count). The average Bonchev–Trinajstić information content (AvgIpc) is 2.66. The number of nitrogens with zero attached hydrogens (tertiary/aromatic N) is 2. The number of carbonyl (C=O) groups is 1. The predicted molar refractivity (Wildman–Crippen MR) is 105 cm³/mol. The molecule has 0 spiro atoms. The zero-order valence-corrected chi connectivity index (χ0v) is 15.8. The third-order valence-electron chi connectivity index (χ3n) is 4.06. The second kappa shape index (κ2) is 11.2. The third-order valence-corrected chi connectivity index (χ3v) is 4.06. The molecule has 0 saturated carbocycles. The number of unbranched alkanes of at least 4 members (excludes halogenated alkanes) is 3. The molecule has 0 fully saturated rings. The zero-order chi connectivity index (χ0) is 18.6. The summed E-state index contributed by atoms with van der Waals surface area (Å²) < 4.78 is 5.34. The smallest absolute Gasteiger partial charge is 0.311 e. The van der Waals surface area contributed by atoms with Gasteiger partial charge < -0.3 is 4.74 Å². The normalized spacial score (nSPS) is 11.0. The maximum atomic E-state index is 11.8. The largest absolute Gasteiger partial charge is 0.427 e. The van der Waals surface area contributed by atoms with Crippen LogP contribution < -0.4 is 4.74 Å². The van der Waals surface area contributed by atoms with E-state index in [-0.39, 0.29) is 5.97 Å². The van der Waals surface area contributed by atoms with Gasteiger partial charge in [0.2, 0.25) is 0 Å². The molecular weight excluding hydrogens is 324 g/mol. The van der Waals surface area contributed by atoms with E-state index in [9.17, 15) is 4.79 Å². The number of aryl methyl sites for hydroxylation is 1. The highest BCUT2D eigenvalue weighted by atomic mass is 16.5. The van der Waals surface area contributed by atoms with Crippen molar-refractivity contribution in [1.82, 2.24) is 0 Å². The van der Waals surface area contributed by atoms with Gasteiger partial charge in [-0.05, 0) is 54.8 Å². The van der Waals surface area contributed by atoms with Gasteiger partial charge in [0.05, 0.1) is 11.4 Å². The molecule has 0 radical (unpaired) electrons. The van der Waals surface area contributed by atoms with Crippen LogP contribution in [0.3, 0.4) is 0 Å². The summed E-state index contributed by atoms with van der Waals surface area (Å²) in [6.45, 7) is 4.32. The fourth-order valence-corrected chi connectivity index (χ4v) is 2.59. The SMILES string of the molecule is CCCCCCC(=O)Oc1ccc(N=Nc2ccc(CCC)cc2)cc1. The van der Waals surface area contributed by atoms with E-state index in [2.05, 4.69) is 36.2 Å². The van der Waals surface area contributed by atoms with E-state index in [0.717, 1.165) is 49.9 Å². The fraction of sp³-hybridized carbons (Fsp3) is 0.409. The first kappa shape index (κ1) is 19.8. The summed E-state index contributed by atoms with van der Waals surface area (Å²) in [4.78, 5) is 11.8. The lowest BCUT2D eigenvalue weighted by Crippen LogP contribution is -2.07. The highest BCUT2D eigenvalue weighted by Crippen LogP contribution is 2.22. The number of ether oxygens (including phenoxy) is 1. The fourth-order valence-electron chi connectivity index (χ4n) is 2.59. The Morgan fingerprint density at radius 2 is 1.42 bits per heavy atom. The first-order valence-electron chi connectivity index (χ1n) is 9.52. The zero-order valence-electron chi connectivity index (χ0n) is 15.8. The number of carbonyl (C=O) groups excluding carboxylic acids is 1. The quantitative estimate of drug-likeness (QED) is 0.201. The Kier molecular flexibility index (Phi) is 8.53. The Balaban J connectivity index is 1.83. The van der Waals surface area contributed by atoms with Crippen LogP contribution in [0.4, 0.5) is 11.4 Å². The van der Waals surface area contributed by atoms with Crippen molar-refractivity contribution >= 4 is 17.3 Å². The molecule has 0 amide bonds. The summed E-state index contributed by atoms with van der Waals surface area (Å²) >= 11 is 0. The average molecular weight is 352 g/mol. The molecule has 0 saturated heterocycles. The summed E-state index contributed by atoms with van der Waals surface area (Å²) in [6, 6.07) is 15.2. The van der Waals surface area contributed by atoms with Crippen LogP contribution in [0.5, 0.6) is 5.75 Å². The van der Waals surface area contributed by atoms with E-state index >= 15 is 0 Å². The monoisotopic (exact) mass is 352 g/mol. The van der Waals surface area contributed by atoms with Gasteiger partial charge in [0.25, 0.3) is 0 Å². The predicted octanol–water partition coefficient (Wildman–Crippen LogP) is 6.93. The minimum atomic E-state index is -0.178. The molecule has 0 aromatic heterocycles. The van der Waals surface area contributed by atoms with Crippen LogP contribution in [-0.4, -0.2) is 5.97 Å². The van der Waals surface area contributed by atoms with E-state index in [4.69, 9.17) is 4.74 Å². The van der Waals surface area contributed by atoms with Gasteiger partial charge in [0, 0.05) is 6.42 Å². The van der Waals surface area contributed by atoms with Crippen molar-refractivity contribution in [1.29, 1.82) is 0 Å². The summed E-state index contributed by atoms with van der Waals surface area (Å²) in [6.07, 6.45) is 6.96. The Morgan fingerprint density at radius 3 is 2.00 bits per heavy atom. The number of hydrogen-bond donors (Lipinski definition) is 0. The Labute approximate surface area is 156 Å². The number of hydrogen-bond acceptors (Lipinski definition) is 4. The van der Waals surface area contributed by atoms with Crippen molar-refractivity contribution in [2.45, 2.75) is 58.8 Å². The second-order valence-corrected chi connectivity index (χ2v) is 6.40. The molecule has 0 aliphatic heterocycles. The molecule has 0 aliphatic carbocycles. The van der Waals surface area contributed by atoms with Crippen molar-refractivity contribution in [3.8, 4) is 5.75 Å². The topological polar surface area (TPSA) is 51.0 Å². The van der Waals surface area contributed by atoms with Crippen LogP contribution in [0.25, 0.3) is 0 Å².